The summed E-state index contributed by atoms with van der Waals surface area (Å²) in [7, 11) is -9.89. The predicted molar refractivity (Wildman–Crippen MR) is 335 cm³/mol. The van der Waals surface area contributed by atoms with E-state index in [1.54, 1.807) is 0 Å². The zero-order valence-electron chi connectivity index (χ0n) is 54.4. The van der Waals surface area contributed by atoms with Gasteiger partial charge in [0.1, 0.15) is 19.3 Å². The number of carbonyl (C=O) groups excluding carboxylic acids is 4. The van der Waals surface area contributed by atoms with Gasteiger partial charge in [0, 0.05) is 25.7 Å². The molecule has 0 saturated heterocycles. The minimum absolute atomic E-state index is 0.102. The number of unbranched alkanes of at least 4 members (excludes halogenated alkanes) is 30. The van der Waals surface area contributed by atoms with Crippen LogP contribution < -0.4 is 0 Å². The standard InChI is InChI=1S/C65H126O17P2/c1-8-10-11-12-22-32-39-46-62(67)75-52-61(82-65(70)49-42-35-28-27-31-38-45-58(7)9-2)55-80-84(73,74)78-51-59(66)50-77-83(71,72)79-54-60(53-76-63(68)47-40-33-26-21-24-30-37-44-57(5)6)81-64(69)48-41-34-25-20-18-16-14-13-15-17-19-23-29-36-43-56(3)4/h56-61,66H,8-55H2,1-7H3,(H,71,72)(H,73,74)/t58?,59-,60-,61-/m1/s1. The van der Waals surface area contributed by atoms with Crippen LogP contribution in [0.1, 0.15) is 318 Å². The van der Waals surface area contributed by atoms with Crippen molar-refractivity contribution in [2.45, 2.75) is 336 Å². The summed E-state index contributed by atoms with van der Waals surface area (Å²) >= 11 is 0. The van der Waals surface area contributed by atoms with Gasteiger partial charge in [0.05, 0.1) is 26.4 Å². The van der Waals surface area contributed by atoms with Crippen molar-refractivity contribution in [3.8, 4) is 0 Å². The first-order chi connectivity index (χ1) is 40.3. The zero-order valence-corrected chi connectivity index (χ0v) is 56.1. The Balaban J connectivity index is 5.19. The van der Waals surface area contributed by atoms with Gasteiger partial charge in [-0.1, -0.05) is 267 Å². The van der Waals surface area contributed by atoms with Crippen molar-refractivity contribution < 1.29 is 80.2 Å². The molecular formula is C65H126O17P2. The molecule has 0 aliphatic heterocycles. The quantitative estimate of drug-likeness (QED) is 0.0222. The first-order valence-electron chi connectivity index (χ1n) is 33.9. The predicted octanol–water partition coefficient (Wildman–Crippen LogP) is 17.9. The highest BCUT2D eigenvalue weighted by molar-refractivity contribution is 7.47. The van der Waals surface area contributed by atoms with Gasteiger partial charge in [-0.05, 0) is 43.4 Å². The van der Waals surface area contributed by atoms with Gasteiger partial charge in [-0.3, -0.25) is 37.3 Å². The molecule has 0 radical (unpaired) electrons. The normalized spacial score (nSPS) is 14.7. The Morgan fingerprint density at radius 3 is 0.905 bits per heavy atom. The minimum atomic E-state index is -4.95. The Labute approximate surface area is 511 Å². The van der Waals surface area contributed by atoms with E-state index in [0.29, 0.717) is 31.6 Å². The van der Waals surface area contributed by atoms with Crippen molar-refractivity contribution in [1.82, 2.24) is 0 Å². The Morgan fingerprint density at radius 2 is 0.607 bits per heavy atom. The number of rotatable bonds is 63. The van der Waals surface area contributed by atoms with Crippen molar-refractivity contribution in [2.75, 3.05) is 39.6 Å². The Morgan fingerprint density at radius 1 is 0.345 bits per heavy atom. The van der Waals surface area contributed by atoms with Gasteiger partial charge in [0.25, 0.3) is 0 Å². The first-order valence-corrected chi connectivity index (χ1v) is 36.9. The molecule has 0 aliphatic rings. The van der Waals surface area contributed by atoms with E-state index in [1.165, 1.54) is 109 Å². The van der Waals surface area contributed by atoms with Crippen molar-refractivity contribution in [3.05, 3.63) is 0 Å². The molecule has 498 valence electrons. The topological polar surface area (TPSA) is 237 Å². The van der Waals surface area contributed by atoms with Gasteiger partial charge in [0.15, 0.2) is 12.2 Å². The highest BCUT2D eigenvalue weighted by Gasteiger charge is 2.30. The van der Waals surface area contributed by atoms with Gasteiger partial charge in [0.2, 0.25) is 0 Å². The van der Waals surface area contributed by atoms with E-state index >= 15 is 0 Å². The van der Waals surface area contributed by atoms with E-state index in [1.807, 2.05) is 0 Å². The summed E-state index contributed by atoms with van der Waals surface area (Å²) in [5.41, 5.74) is 0. The van der Waals surface area contributed by atoms with Crippen LogP contribution in [-0.2, 0) is 65.4 Å². The van der Waals surface area contributed by atoms with Crippen molar-refractivity contribution >= 4 is 39.5 Å². The number of hydrogen-bond donors (Lipinski definition) is 3. The molecule has 0 aromatic heterocycles. The summed E-state index contributed by atoms with van der Waals surface area (Å²) in [4.78, 5) is 72.1. The number of phosphoric acid groups is 2. The maximum Gasteiger partial charge on any atom is 0.472 e. The molecule has 84 heavy (non-hydrogen) atoms. The largest absolute Gasteiger partial charge is 0.472 e. The first kappa shape index (κ1) is 82.1. The molecule has 0 fully saturated rings. The van der Waals surface area contributed by atoms with Crippen LogP contribution in [0.4, 0.5) is 0 Å². The average Bonchev–Trinajstić information content (AvgIpc) is 3.53. The van der Waals surface area contributed by atoms with Crippen molar-refractivity contribution in [2.24, 2.45) is 17.8 Å². The molecule has 0 spiro atoms. The molecule has 3 N–H and O–H groups in total. The third-order valence-corrected chi connectivity index (χ3v) is 17.1. The summed E-state index contributed by atoms with van der Waals surface area (Å²) in [5.74, 6) is 0.0791. The van der Waals surface area contributed by atoms with Crippen LogP contribution in [0.25, 0.3) is 0 Å². The maximum atomic E-state index is 13.0. The molecule has 0 aliphatic carbocycles. The van der Waals surface area contributed by atoms with Crippen LogP contribution in [0.5, 0.6) is 0 Å². The highest BCUT2D eigenvalue weighted by atomic mass is 31.2. The molecule has 0 bridgehead atoms. The summed E-state index contributed by atoms with van der Waals surface area (Å²) < 4.78 is 67.9. The third kappa shape index (κ3) is 57.8. The number of phosphoric ester groups is 2. The van der Waals surface area contributed by atoms with E-state index in [0.717, 1.165) is 121 Å². The van der Waals surface area contributed by atoms with Gasteiger partial charge < -0.3 is 33.8 Å². The van der Waals surface area contributed by atoms with Crippen LogP contribution in [-0.4, -0.2) is 96.7 Å². The van der Waals surface area contributed by atoms with E-state index in [9.17, 15) is 43.2 Å². The lowest BCUT2D eigenvalue weighted by Gasteiger charge is -2.21. The molecular weight excluding hydrogens is 1110 g/mol. The van der Waals surface area contributed by atoms with Gasteiger partial charge in [-0.25, -0.2) is 9.13 Å². The molecule has 3 unspecified atom stereocenters. The van der Waals surface area contributed by atoms with Crippen LogP contribution >= 0.6 is 15.6 Å². The number of esters is 4. The molecule has 0 aromatic carbocycles. The minimum Gasteiger partial charge on any atom is -0.462 e. The fraction of sp³-hybridized carbons (Fsp3) is 0.938. The van der Waals surface area contributed by atoms with Gasteiger partial charge in [-0.2, -0.15) is 0 Å². The molecule has 0 saturated carbocycles. The van der Waals surface area contributed by atoms with Gasteiger partial charge >= 0.3 is 39.5 Å². The third-order valence-electron chi connectivity index (χ3n) is 15.2. The fourth-order valence-corrected chi connectivity index (χ4v) is 11.2. The zero-order chi connectivity index (χ0) is 62.4. The number of carbonyl (C=O) groups is 4. The molecule has 19 heteroatoms. The lowest BCUT2D eigenvalue weighted by atomic mass is 10.00. The Kier molecular flexibility index (Phi) is 55.0. The molecule has 0 amide bonds. The summed E-state index contributed by atoms with van der Waals surface area (Å²) in [6.07, 6.45) is 37.8. The molecule has 6 atom stereocenters. The summed E-state index contributed by atoms with van der Waals surface area (Å²) in [5, 5.41) is 10.5. The van der Waals surface area contributed by atoms with Crippen LogP contribution in [0.2, 0.25) is 0 Å². The fourth-order valence-electron chi connectivity index (χ4n) is 9.62. The second kappa shape index (κ2) is 56.3. The molecule has 0 heterocycles. The second-order valence-electron chi connectivity index (χ2n) is 24.7. The lowest BCUT2D eigenvalue weighted by Crippen LogP contribution is -2.30. The average molecular weight is 1240 g/mol. The molecule has 0 rings (SSSR count). The number of ether oxygens (including phenoxy) is 4. The Bertz CT molecular complexity index is 1670. The number of aliphatic hydroxyl groups is 1. The highest BCUT2D eigenvalue weighted by Crippen LogP contribution is 2.45. The summed E-state index contributed by atoms with van der Waals surface area (Å²) in [6, 6.07) is 0. The van der Waals surface area contributed by atoms with E-state index in [2.05, 4.69) is 48.5 Å². The SMILES string of the molecule is CCCCCCCCCC(=O)OC[C@H](COP(=O)(O)OC[C@H](O)COP(=O)(O)OC[C@@H](COC(=O)CCCCCCCCCC(C)C)OC(=O)CCCCCCCCCCCCCCCCC(C)C)OC(=O)CCCCCCCCC(C)CC. The number of hydrogen-bond acceptors (Lipinski definition) is 15. The summed E-state index contributed by atoms with van der Waals surface area (Å²) in [6.45, 7) is 11.7. The van der Waals surface area contributed by atoms with Crippen LogP contribution in [0.15, 0.2) is 0 Å². The smallest absolute Gasteiger partial charge is 0.462 e. The van der Waals surface area contributed by atoms with E-state index in [-0.39, 0.29) is 25.7 Å². The lowest BCUT2D eigenvalue weighted by molar-refractivity contribution is -0.161. The van der Waals surface area contributed by atoms with E-state index < -0.39 is 97.5 Å². The van der Waals surface area contributed by atoms with Crippen molar-refractivity contribution in [3.63, 3.8) is 0 Å². The maximum absolute atomic E-state index is 13.0. The Hall–Kier alpha value is -1.94. The van der Waals surface area contributed by atoms with E-state index in [4.69, 9.17) is 37.0 Å². The van der Waals surface area contributed by atoms with Crippen LogP contribution in [0.3, 0.4) is 0 Å². The number of aliphatic hydroxyl groups excluding tert-OH is 1. The monoisotopic (exact) mass is 1240 g/mol. The molecule has 17 nitrogen and oxygen atoms in total. The second-order valence-corrected chi connectivity index (χ2v) is 27.6. The van der Waals surface area contributed by atoms with Crippen molar-refractivity contribution in [1.29, 1.82) is 0 Å². The van der Waals surface area contributed by atoms with Crippen LogP contribution in [0, 0.1) is 17.8 Å². The molecule has 0 aromatic rings. The van der Waals surface area contributed by atoms with Gasteiger partial charge in [-0.15, -0.1) is 0 Å².